The minimum Gasteiger partial charge on any atom is -0.501 e. The third-order valence-electron chi connectivity index (χ3n) is 16.0. The molecule has 20 heteroatoms. The van der Waals surface area contributed by atoms with Crippen LogP contribution in [0.3, 0.4) is 0 Å². The summed E-state index contributed by atoms with van der Waals surface area (Å²) < 4.78 is 37.6. The van der Waals surface area contributed by atoms with Gasteiger partial charge in [-0.3, -0.25) is 14.4 Å². The van der Waals surface area contributed by atoms with E-state index in [4.69, 9.17) is 57.4 Å². The van der Waals surface area contributed by atoms with Crippen molar-refractivity contribution in [1.82, 2.24) is 24.3 Å². The number of H-pyrrole nitrogens is 2. The molecule has 438 valence electrons. The Morgan fingerprint density at radius 2 is 1.23 bits per heavy atom. The Bertz CT molecular complexity index is 3270. The van der Waals surface area contributed by atoms with Crippen molar-refractivity contribution in [3.05, 3.63) is 117 Å². The first-order valence-electron chi connectivity index (χ1n) is 26.9. The maximum Gasteiger partial charge on any atom is 0.338 e. The second-order valence-corrected chi connectivity index (χ2v) is 24.0. The van der Waals surface area contributed by atoms with Gasteiger partial charge in [0.15, 0.2) is 23.0 Å². The number of hydrogen-bond acceptors (Lipinski definition) is 15. The number of rotatable bonds is 13. The Balaban J connectivity index is 0.000000215. The third kappa shape index (κ3) is 13.2. The number of thioether (sulfide) groups is 2. The van der Waals surface area contributed by atoms with Crippen molar-refractivity contribution in [3.8, 4) is 23.0 Å². The number of benzene rings is 2. The molecule has 2 aliphatic carbocycles. The summed E-state index contributed by atoms with van der Waals surface area (Å²) in [5.74, 6) is 0.406. The van der Waals surface area contributed by atoms with Crippen LogP contribution >= 0.6 is 46.7 Å². The molecule has 16 nitrogen and oxygen atoms in total. The first kappa shape index (κ1) is 64.1. The van der Waals surface area contributed by atoms with Crippen molar-refractivity contribution in [2.24, 2.45) is 17.6 Å². The van der Waals surface area contributed by atoms with Gasteiger partial charge in [-0.2, -0.15) is 0 Å². The molecule has 5 heterocycles. The number of methoxy groups -OCH3 is 1. The van der Waals surface area contributed by atoms with Gasteiger partial charge in [0.25, 0.3) is 28.3 Å². The summed E-state index contributed by atoms with van der Waals surface area (Å²) in [7, 11) is 9.86. The number of nitrogens with two attached hydrogens (primary N) is 1. The molecule has 2 atom stereocenters. The standard InChI is InChI=1S/C28H34ClN3O4S.C23H32ClNO5.C8H12N2OS.CH4/c1-15-13-21(37-6)20(26(33)30-15)14-32-12-11-19-22(27(32)34)16(2)24-25(23(19)29)36-28(3,35-24)17-7-9-18(10-8-17)31(4)5;1-7-28-13-12-17-18(22(26)27-6)14(2)20-21(19(17)24)30-23(3,29-20)15-8-10-16(11-9-15)25(4)5;1-5-3-7(12-2)6(4-9)8(11)10-5;/h11-13,17-18H,7-10,14H2,1-6H3,(H,30,33);12-13,15-16H,7-11H2,1-6H3;3H,4,9H2,1-2H3,(H,10,11);1H4/b;13-12+;;. The van der Waals surface area contributed by atoms with E-state index in [1.54, 1.807) is 28.6 Å². The summed E-state index contributed by atoms with van der Waals surface area (Å²) in [6.07, 6.45) is 17.1. The molecule has 0 radical (unpaired) electrons. The lowest BCUT2D eigenvalue weighted by Crippen LogP contribution is -2.46. The summed E-state index contributed by atoms with van der Waals surface area (Å²) in [4.78, 5) is 62.2. The molecule has 2 aliphatic heterocycles. The first-order chi connectivity index (χ1) is 37.4. The highest BCUT2D eigenvalue weighted by Crippen LogP contribution is 2.55. The zero-order chi connectivity index (χ0) is 57.8. The first-order valence-corrected chi connectivity index (χ1v) is 30.1. The monoisotopic (exact) mass is 1180 g/mol. The molecule has 0 saturated heterocycles. The maximum absolute atomic E-state index is 13.7. The molecular weight excluding hydrogens is 1100 g/mol. The SMILES string of the molecule is C.CCO/C=C/c1c(Cl)c2c(c(C)c1C(=O)OC)OC(C)(C1CCC(N(C)C)CC1)O2.CSc1cc(C)[nH]c(=O)c1CN.CSc1cc(C)[nH]c(=O)c1Cn1ccc2c(Cl)c3c(c(C)c2c1=O)OC(C)(C1CCC(N(C)C)CC1)O3. The van der Waals surface area contributed by atoms with Crippen molar-refractivity contribution >= 4 is 69.5 Å². The van der Waals surface area contributed by atoms with Crippen LogP contribution in [0.4, 0.5) is 0 Å². The quantitative estimate of drug-likeness (QED) is 0.0572. The van der Waals surface area contributed by atoms with Crippen LogP contribution in [0, 0.1) is 39.5 Å². The van der Waals surface area contributed by atoms with E-state index in [2.05, 4.69) is 48.0 Å². The van der Waals surface area contributed by atoms with Gasteiger partial charge in [0, 0.05) is 99.3 Å². The van der Waals surface area contributed by atoms with Crippen LogP contribution < -0.4 is 41.4 Å². The molecule has 0 amide bonds. The van der Waals surface area contributed by atoms with E-state index in [9.17, 15) is 19.2 Å². The number of carbonyl (C=O) groups excluding carboxylic acids is 1. The van der Waals surface area contributed by atoms with Gasteiger partial charge in [0.2, 0.25) is 0 Å². The van der Waals surface area contributed by atoms with Gasteiger partial charge < -0.3 is 58.5 Å². The number of fused-ring (bicyclic) bond motifs is 3. The van der Waals surface area contributed by atoms with Crippen LogP contribution in [-0.4, -0.2) is 108 Å². The Labute approximate surface area is 489 Å². The van der Waals surface area contributed by atoms with E-state index in [1.807, 2.05) is 79.2 Å². The van der Waals surface area contributed by atoms with Crippen molar-refractivity contribution < 1.29 is 33.2 Å². The molecule has 9 rings (SSSR count). The highest BCUT2D eigenvalue weighted by atomic mass is 35.5. The predicted molar refractivity (Wildman–Crippen MR) is 325 cm³/mol. The van der Waals surface area contributed by atoms with E-state index < -0.39 is 17.5 Å². The topological polar surface area (TPSA) is 193 Å². The third-order valence-corrected chi connectivity index (χ3v) is 18.4. The Kier molecular flexibility index (Phi) is 21.5. The fourth-order valence-electron chi connectivity index (χ4n) is 11.4. The van der Waals surface area contributed by atoms with Crippen LogP contribution in [0.25, 0.3) is 16.8 Å². The predicted octanol–water partition coefficient (Wildman–Crippen LogP) is 11.9. The summed E-state index contributed by atoms with van der Waals surface area (Å²) in [5, 5.41) is 1.84. The molecule has 80 heavy (non-hydrogen) atoms. The van der Waals surface area contributed by atoms with Crippen LogP contribution in [0.15, 0.2) is 54.8 Å². The lowest BCUT2D eigenvalue weighted by molar-refractivity contribution is -0.123. The molecule has 2 aromatic carbocycles. The molecule has 0 spiro atoms. The molecular formula is C60H82Cl2N6O10S2. The smallest absolute Gasteiger partial charge is 0.338 e. The fourth-order valence-corrected chi connectivity index (χ4v) is 13.4. The van der Waals surface area contributed by atoms with Gasteiger partial charge in [0.1, 0.15) is 0 Å². The van der Waals surface area contributed by atoms with E-state index in [0.717, 1.165) is 72.5 Å². The van der Waals surface area contributed by atoms with Crippen molar-refractivity contribution in [2.75, 3.05) is 54.4 Å². The zero-order valence-corrected chi connectivity index (χ0v) is 51.3. The number of hydrogen-bond donors (Lipinski definition) is 3. The van der Waals surface area contributed by atoms with Crippen LogP contribution in [-0.2, 0) is 22.6 Å². The normalized spacial score (nSPS) is 21.9. The van der Waals surface area contributed by atoms with Gasteiger partial charge in [-0.15, -0.1) is 23.5 Å². The molecule has 2 saturated carbocycles. The van der Waals surface area contributed by atoms with Crippen LogP contribution in [0.5, 0.6) is 23.0 Å². The van der Waals surface area contributed by atoms with Crippen molar-refractivity contribution in [2.45, 2.75) is 154 Å². The number of nitrogens with zero attached hydrogens (tertiary/aromatic N) is 3. The fraction of sp³-hybridized carbons (Fsp3) is 0.533. The number of aromatic amines is 2. The molecule has 2 unspecified atom stereocenters. The second kappa shape index (κ2) is 26.9. The van der Waals surface area contributed by atoms with Gasteiger partial charge in [-0.25, -0.2) is 4.79 Å². The summed E-state index contributed by atoms with van der Waals surface area (Å²) in [6.45, 7) is 14.2. The molecule has 2 fully saturated rings. The number of nitrogens with one attached hydrogen (secondary N) is 2. The number of carbonyl (C=O) groups is 1. The second-order valence-electron chi connectivity index (χ2n) is 21.5. The number of esters is 1. The molecule has 3 aromatic heterocycles. The van der Waals surface area contributed by atoms with Crippen molar-refractivity contribution in [3.63, 3.8) is 0 Å². The minimum atomic E-state index is -0.827. The van der Waals surface area contributed by atoms with Crippen LogP contribution in [0.2, 0.25) is 10.0 Å². The minimum absolute atomic E-state index is 0. The lowest BCUT2D eigenvalue weighted by Gasteiger charge is -2.39. The summed E-state index contributed by atoms with van der Waals surface area (Å²) in [5.41, 5.74) is 10.1. The van der Waals surface area contributed by atoms with Gasteiger partial charge in [-0.1, -0.05) is 30.6 Å². The van der Waals surface area contributed by atoms with E-state index >= 15 is 0 Å². The van der Waals surface area contributed by atoms with Crippen LogP contribution in [0.1, 0.15) is 129 Å². The number of pyridine rings is 3. The number of aromatic nitrogens is 3. The highest BCUT2D eigenvalue weighted by Gasteiger charge is 2.49. The average molecular weight is 1180 g/mol. The summed E-state index contributed by atoms with van der Waals surface area (Å²) >= 11 is 16.6. The Morgan fingerprint density at radius 1 is 0.762 bits per heavy atom. The van der Waals surface area contributed by atoms with E-state index in [-0.39, 0.29) is 42.5 Å². The number of ether oxygens (including phenoxy) is 6. The largest absolute Gasteiger partial charge is 0.501 e. The lowest BCUT2D eigenvalue weighted by atomic mass is 9.81. The molecule has 4 aliphatic rings. The molecule has 5 aromatic rings. The van der Waals surface area contributed by atoms with Gasteiger partial charge in [0.05, 0.1) is 53.1 Å². The molecule has 0 bridgehead atoms. The Hall–Kier alpha value is -5.08. The summed E-state index contributed by atoms with van der Waals surface area (Å²) in [6, 6.07) is 6.85. The number of aryl methyl sites for hydroxylation is 3. The van der Waals surface area contributed by atoms with Gasteiger partial charge in [-0.05, 0) is 151 Å². The zero-order valence-electron chi connectivity index (χ0n) is 48.1. The average Bonchev–Trinajstić information content (AvgIpc) is 4.02. The van der Waals surface area contributed by atoms with E-state index in [0.29, 0.717) is 102 Å². The molecule has 4 N–H and O–H groups in total. The Morgan fingerprint density at radius 3 is 1.69 bits per heavy atom. The number of halogens is 2. The highest BCUT2D eigenvalue weighted by molar-refractivity contribution is 7.98. The van der Waals surface area contributed by atoms with E-state index in [1.165, 1.54) is 25.1 Å². The maximum atomic E-state index is 13.7. The van der Waals surface area contributed by atoms with Gasteiger partial charge >= 0.3 is 5.97 Å². The van der Waals surface area contributed by atoms with Crippen molar-refractivity contribution in [1.29, 1.82) is 0 Å².